The van der Waals surface area contributed by atoms with Crippen LogP contribution in [0.5, 0.6) is 0 Å². The van der Waals surface area contributed by atoms with Crippen LogP contribution in [0.15, 0.2) is 23.3 Å². The summed E-state index contributed by atoms with van der Waals surface area (Å²) in [5.41, 5.74) is -4.76. The molecule has 5 heterocycles. The van der Waals surface area contributed by atoms with Gasteiger partial charge in [-0.15, -0.1) is 0 Å². The smallest absolute Gasteiger partial charge is 0.726 e. The second-order valence-corrected chi connectivity index (χ2v) is 28.2. The molecule has 0 aromatic rings. The summed E-state index contributed by atoms with van der Waals surface area (Å²) in [6.45, 7) is 14.2. The molecule has 9 aliphatic rings. The van der Waals surface area contributed by atoms with E-state index in [9.17, 15) is 76.4 Å². The third kappa shape index (κ3) is 13.4. The SMILES string of the molecule is CO[C@@H]1[C@@H](O)[C@H](O[C@@H]2[C@@H](O)[C@H](O[C@H]3[C@H](O)[C@@H](O)[C@H](O[C@H]4[C@H](O[C@H]5CC[C@]6(C)[C@H]7CC[C@]89C(=O)O[C@@](C)(CCC=C(C)C)[C@@]8(O)[C@@H](OC(C)=O)C[C@@]9(C)C7=CC[C@H]6C5(C)C)OC[C@@H](OS(=O)(=O)[O-])[C@@H]4O)O[C@@H]3C)OC[C@H]2O)O[C@H](COS(=O)(=O)[O-])[C@H]1O.[Na+].[Na+]. The number of hydrogen-bond donors (Lipinski definition) is 8. The van der Waals surface area contributed by atoms with E-state index in [0.717, 1.165) is 18.3 Å². The van der Waals surface area contributed by atoms with E-state index < -0.39 is 208 Å². The van der Waals surface area contributed by atoms with Gasteiger partial charge in [0.2, 0.25) is 20.8 Å². The van der Waals surface area contributed by atoms with E-state index in [4.69, 9.17) is 52.1 Å². The van der Waals surface area contributed by atoms with Crippen LogP contribution in [-0.2, 0) is 90.9 Å². The number of allylic oxidation sites excluding steroid dienone is 4. The molecule has 492 valence electrons. The Bertz CT molecular complexity index is 2790. The first kappa shape index (κ1) is 74.9. The number of fused-ring (bicyclic) bond motifs is 4. The van der Waals surface area contributed by atoms with Gasteiger partial charge in [0, 0.05) is 19.4 Å². The van der Waals surface area contributed by atoms with Crippen LogP contribution in [0.1, 0.15) is 114 Å². The van der Waals surface area contributed by atoms with Gasteiger partial charge in [0.05, 0.1) is 32.0 Å². The molecule has 1 spiro atoms. The summed E-state index contributed by atoms with van der Waals surface area (Å²) in [6, 6.07) is 0. The molecule has 0 unspecified atom stereocenters. The summed E-state index contributed by atoms with van der Waals surface area (Å²) < 4.78 is 143. The van der Waals surface area contributed by atoms with E-state index in [1.165, 1.54) is 13.8 Å². The summed E-state index contributed by atoms with van der Waals surface area (Å²) in [5, 5.41) is 92.3. The molecule has 0 bridgehead atoms. The number of esters is 2. The zero-order valence-electron chi connectivity index (χ0n) is 51.6. The van der Waals surface area contributed by atoms with Gasteiger partial charge in [0.25, 0.3) is 0 Å². The van der Waals surface area contributed by atoms with E-state index in [0.29, 0.717) is 38.5 Å². The average molecular weight is 1320 g/mol. The number of aliphatic hydroxyl groups is 8. The number of methoxy groups -OCH3 is 1. The first-order valence-electron chi connectivity index (χ1n) is 29.1. The van der Waals surface area contributed by atoms with E-state index >= 15 is 0 Å². The first-order chi connectivity index (χ1) is 39.9. The molecule has 33 heteroatoms. The minimum atomic E-state index is -5.46. The summed E-state index contributed by atoms with van der Waals surface area (Å²) in [5.74, 6) is -1.33. The van der Waals surface area contributed by atoms with Crippen LogP contribution in [0.2, 0.25) is 0 Å². The van der Waals surface area contributed by atoms with Gasteiger partial charge in [-0.25, -0.2) is 16.8 Å². The number of ether oxygens (including phenoxy) is 11. The van der Waals surface area contributed by atoms with Gasteiger partial charge in [-0.1, -0.05) is 51.0 Å². The molecule has 0 aromatic heterocycles. The molecule has 27 atom stereocenters. The Morgan fingerprint density at radius 2 is 1.36 bits per heavy atom. The maximum Gasteiger partial charge on any atom is 1.00 e. The quantitative estimate of drug-likeness (QED) is 0.0208. The van der Waals surface area contributed by atoms with Gasteiger partial charge < -0.3 is 102 Å². The minimum absolute atomic E-state index is 0. The second kappa shape index (κ2) is 27.5. The van der Waals surface area contributed by atoms with Crippen molar-refractivity contribution < 1.29 is 196 Å². The molecule has 29 nitrogen and oxygen atoms in total. The van der Waals surface area contributed by atoms with Gasteiger partial charge in [-0.2, -0.15) is 0 Å². The molecule has 0 aromatic carbocycles. The number of carbonyl (C=O) groups is 2. The average Bonchev–Trinajstić information content (AvgIpc) is 1.46. The van der Waals surface area contributed by atoms with Crippen LogP contribution in [0, 0.1) is 33.5 Å². The summed E-state index contributed by atoms with van der Waals surface area (Å²) in [7, 11) is -9.65. The number of aliphatic hydroxyl groups excluding tert-OH is 7. The van der Waals surface area contributed by atoms with Crippen molar-refractivity contribution in [1.29, 1.82) is 0 Å². The van der Waals surface area contributed by atoms with Crippen molar-refractivity contribution in [2.45, 2.75) is 248 Å². The van der Waals surface area contributed by atoms with Crippen molar-refractivity contribution in [3.63, 3.8) is 0 Å². The van der Waals surface area contributed by atoms with Crippen molar-refractivity contribution >= 4 is 32.7 Å². The van der Waals surface area contributed by atoms with E-state index in [-0.39, 0.29) is 83.8 Å². The third-order valence-electron chi connectivity index (χ3n) is 20.6. The Balaban J connectivity index is 0.00000552. The fourth-order valence-electron chi connectivity index (χ4n) is 16.4. The topological polar surface area (TPSA) is 430 Å². The van der Waals surface area contributed by atoms with Crippen LogP contribution in [0.4, 0.5) is 0 Å². The largest absolute Gasteiger partial charge is 1.00 e. The van der Waals surface area contributed by atoms with Gasteiger partial charge in [-0.05, 0) is 102 Å². The van der Waals surface area contributed by atoms with Gasteiger partial charge >= 0.3 is 71.1 Å². The van der Waals surface area contributed by atoms with Crippen molar-refractivity contribution in [3.05, 3.63) is 23.3 Å². The Hall–Kier alpha value is -0.520. The molecule has 8 N–H and O–H groups in total. The molecule has 4 aliphatic carbocycles. The summed E-state index contributed by atoms with van der Waals surface area (Å²) in [4.78, 5) is 27.5. The third-order valence-corrected chi connectivity index (χ3v) is 21.5. The van der Waals surface area contributed by atoms with Crippen LogP contribution in [-0.4, -0.2) is 240 Å². The van der Waals surface area contributed by atoms with Crippen LogP contribution < -0.4 is 59.1 Å². The molecule has 88 heavy (non-hydrogen) atoms. The normalized spacial score (nSPS) is 47.3. The van der Waals surface area contributed by atoms with Gasteiger partial charge in [-0.3, -0.25) is 18.0 Å². The molecular weight excluding hydrogens is 1230 g/mol. The Morgan fingerprint density at radius 3 is 1.99 bits per heavy atom. The summed E-state index contributed by atoms with van der Waals surface area (Å²) >= 11 is 0. The number of hydrogen-bond acceptors (Lipinski definition) is 29. The number of cyclic esters (lactones) is 1. The van der Waals surface area contributed by atoms with Crippen LogP contribution in [0.25, 0.3) is 0 Å². The number of carbonyl (C=O) groups excluding carboxylic acids is 2. The van der Waals surface area contributed by atoms with E-state index in [2.05, 4.69) is 21.4 Å². The second-order valence-electron chi connectivity index (χ2n) is 26.2. The zero-order valence-corrected chi connectivity index (χ0v) is 57.2. The Labute approximate surface area is 556 Å². The maximum absolute atomic E-state index is 14.7. The molecule has 9 rings (SSSR count). The van der Waals surface area contributed by atoms with E-state index in [1.54, 1.807) is 6.92 Å². The Morgan fingerprint density at radius 1 is 0.739 bits per heavy atom. The monoisotopic (exact) mass is 1320 g/mol. The molecular formula is C55H84Na2O29S2. The summed E-state index contributed by atoms with van der Waals surface area (Å²) in [6.07, 6.45) is -26.2. The van der Waals surface area contributed by atoms with Crippen molar-refractivity contribution in [1.82, 2.24) is 0 Å². The van der Waals surface area contributed by atoms with Crippen molar-refractivity contribution in [3.8, 4) is 0 Å². The van der Waals surface area contributed by atoms with Crippen LogP contribution in [0.3, 0.4) is 0 Å². The standard InChI is InChI=1S/C55H86O29S2.2Na/c1-24(2)12-11-17-53(9)55(65)34(77-26(4)56)20-52(8)28-13-14-32-50(5,6)33(16-18-51(32,7)27(28)15-19-54(52,55)49(64)83-53)79-48-44(36(59)31(22-74-48)84-86(69,70)71)82-46-38(61)37(60)41(25(3)76-46)80-45-39(62)42(29(57)21-73-45)81-47-40(63)43(72-10)35(58)30(78-47)23-75-85(66,67)68;;/h12-13,25,27,29-48,57-63,65H,11,14-23H2,1-10H3,(H,66,67,68)(H,69,70,71);;/q;2*+1/p-2/t25-,27+,29-,30-,31-,32+,33+,34+,35-,36+,37-,38-,39-,40-,41-,42+,43+,44-,45+,46+,47+,48+,51-,52+,53+,54-,55+;;/m1../s1. The minimum Gasteiger partial charge on any atom is -0.726 e. The van der Waals surface area contributed by atoms with Crippen molar-refractivity contribution in [2.75, 3.05) is 26.9 Å². The van der Waals surface area contributed by atoms with Gasteiger partial charge in [0.1, 0.15) is 96.5 Å². The fraction of sp³-hybridized carbons (Fsp3) is 0.891. The first-order valence-corrected chi connectivity index (χ1v) is 31.7. The van der Waals surface area contributed by atoms with Crippen molar-refractivity contribution in [2.24, 2.45) is 33.5 Å². The molecule has 5 aliphatic heterocycles. The Kier molecular flexibility index (Phi) is 23.4. The molecule has 3 saturated carbocycles. The predicted octanol–water partition coefficient (Wildman–Crippen LogP) is -7.12. The molecule has 0 amide bonds. The maximum atomic E-state index is 14.7. The zero-order chi connectivity index (χ0) is 63.4. The van der Waals surface area contributed by atoms with Gasteiger partial charge in [0.15, 0.2) is 30.8 Å². The predicted molar refractivity (Wildman–Crippen MR) is 284 cm³/mol. The van der Waals surface area contributed by atoms with E-state index in [1.807, 2.05) is 40.7 Å². The molecule has 8 fully saturated rings. The molecule has 0 radical (unpaired) electrons. The molecule has 5 saturated heterocycles. The number of rotatable bonds is 18. The van der Waals surface area contributed by atoms with Crippen LogP contribution >= 0.6 is 0 Å². The fourth-order valence-corrected chi connectivity index (χ4v) is 17.2.